The van der Waals surface area contributed by atoms with Gasteiger partial charge in [-0.25, -0.2) is 0 Å². The highest BCUT2D eigenvalue weighted by Crippen LogP contribution is 2.42. The second-order valence-electron chi connectivity index (χ2n) is 7.10. The van der Waals surface area contributed by atoms with Gasteiger partial charge in [0.05, 0.1) is 18.7 Å². The molecule has 1 N–H and O–H groups in total. The molecule has 1 amide bonds. The number of hydrogen-bond donors (Lipinski definition) is 1. The fourth-order valence-electron chi connectivity index (χ4n) is 3.50. The van der Waals surface area contributed by atoms with E-state index < -0.39 is 17.7 Å². The molecule has 7 heteroatoms. The Kier molecular flexibility index (Phi) is 4.87. The van der Waals surface area contributed by atoms with Gasteiger partial charge in [-0.1, -0.05) is 47.1 Å². The molecule has 0 spiro atoms. The van der Waals surface area contributed by atoms with Crippen LogP contribution in [0.25, 0.3) is 5.76 Å². The van der Waals surface area contributed by atoms with Crippen molar-refractivity contribution in [3.05, 3.63) is 82.6 Å². The van der Waals surface area contributed by atoms with Gasteiger partial charge < -0.3 is 14.4 Å². The average molecular weight is 404 g/mol. The Morgan fingerprint density at radius 2 is 1.73 bits per heavy atom. The SMILES string of the molecule is COc1ccc(C2/C(=C(\O)c3ccc(C)cc3)C(=O)C(=O)N2c2cc(C)on2)cc1. The molecular formula is C23H20N2O5. The number of anilines is 1. The van der Waals surface area contributed by atoms with E-state index in [1.165, 1.54) is 4.90 Å². The van der Waals surface area contributed by atoms with Crippen LogP contribution in [0.15, 0.2) is 64.7 Å². The Labute approximate surface area is 173 Å². The third kappa shape index (κ3) is 3.24. The van der Waals surface area contributed by atoms with Gasteiger partial charge in [0.15, 0.2) is 5.82 Å². The van der Waals surface area contributed by atoms with Gasteiger partial charge in [-0.2, -0.15) is 0 Å². The van der Waals surface area contributed by atoms with Crippen LogP contribution >= 0.6 is 0 Å². The van der Waals surface area contributed by atoms with Crippen LogP contribution in [0.4, 0.5) is 5.82 Å². The summed E-state index contributed by atoms with van der Waals surface area (Å²) < 4.78 is 10.3. The monoisotopic (exact) mass is 404 g/mol. The van der Waals surface area contributed by atoms with Gasteiger partial charge in [0.25, 0.3) is 5.78 Å². The van der Waals surface area contributed by atoms with Gasteiger partial charge in [-0.3, -0.25) is 14.5 Å². The van der Waals surface area contributed by atoms with E-state index in [9.17, 15) is 14.7 Å². The predicted octanol–water partition coefficient (Wildman–Crippen LogP) is 3.93. The van der Waals surface area contributed by atoms with Crippen LogP contribution in [0.1, 0.15) is 28.5 Å². The molecule has 1 aromatic heterocycles. The molecule has 0 bridgehead atoms. The maximum Gasteiger partial charge on any atom is 0.301 e. The van der Waals surface area contributed by atoms with E-state index in [-0.39, 0.29) is 17.2 Å². The van der Waals surface area contributed by atoms with E-state index in [2.05, 4.69) is 5.16 Å². The van der Waals surface area contributed by atoms with Crippen molar-refractivity contribution in [3.8, 4) is 5.75 Å². The minimum Gasteiger partial charge on any atom is -0.507 e. The lowest BCUT2D eigenvalue weighted by Gasteiger charge is -2.23. The van der Waals surface area contributed by atoms with Crippen LogP contribution in [0.2, 0.25) is 0 Å². The van der Waals surface area contributed by atoms with E-state index in [4.69, 9.17) is 9.26 Å². The molecule has 0 aliphatic carbocycles. The van der Waals surface area contributed by atoms with Crippen molar-refractivity contribution in [2.45, 2.75) is 19.9 Å². The Balaban J connectivity index is 1.92. The van der Waals surface area contributed by atoms with E-state index in [1.807, 2.05) is 19.1 Å². The molecule has 2 heterocycles. The van der Waals surface area contributed by atoms with E-state index in [0.717, 1.165) is 5.56 Å². The van der Waals surface area contributed by atoms with Gasteiger partial charge in [0.1, 0.15) is 17.3 Å². The second kappa shape index (κ2) is 7.51. The smallest absolute Gasteiger partial charge is 0.301 e. The third-order valence-electron chi connectivity index (χ3n) is 5.06. The first-order chi connectivity index (χ1) is 14.4. The summed E-state index contributed by atoms with van der Waals surface area (Å²) in [5.74, 6) is -0.465. The van der Waals surface area contributed by atoms with Gasteiger partial charge in [-0.15, -0.1) is 0 Å². The summed E-state index contributed by atoms with van der Waals surface area (Å²) in [5, 5.41) is 14.9. The predicted molar refractivity (Wildman–Crippen MR) is 110 cm³/mol. The molecule has 152 valence electrons. The number of Topliss-reactive ketones (excluding diaryl/α,β-unsaturated/α-hetero) is 1. The molecule has 3 aromatic rings. The van der Waals surface area contributed by atoms with Gasteiger partial charge in [-0.05, 0) is 31.5 Å². The Bertz CT molecular complexity index is 1140. The fraction of sp³-hybridized carbons (Fsp3) is 0.174. The number of aromatic nitrogens is 1. The molecule has 1 saturated heterocycles. The number of aliphatic hydroxyl groups excluding tert-OH is 1. The molecule has 0 saturated carbocycles. The van der Waals surface area contributed by atoms with Gasteiger partial charge >= 0.3 is 5.91 Å². The van der Waals surface area contributed by atoms with Crippen LogP contribution in [-0.4, -0.2) is 29.1 Å². The number of ether oxygens (including phenoxy) is 1. The largest absolute Gasteiger partial charge is 0.507 e. The van der Waals surface area contributed by atoms with Crippen LogP contribution in [-0.2, 0) is 9.59 Å². The maximum atomic E-state index is 13.0. The van der Waals surface area contributed by atoms with Crippen molar-refractivity contribution in [1.29, 1.82) is 0 Å². The summed E-state index contributed by atoms with van der Waals surface area (Å²) in [7, 11) is 1.55. The molecule has 0 radical (unpaired) electrons. The Hall–Kier alpha value is -3.87. The molecule has 1 aliphatic rings. The summed E-state index contributed by atoms with van der Waals surface area (Å²) in [6, 6.07) is 14.8. The number of aryl methyl sites for hydroxylation is 2. The van der Waals surface area contributed by atoms with Crippen molar-refractivity contribution in [3.63, 3.8) is 0 Å². The van der Waals surface area contributed by atoms with E-state index in [0.29, 0.717) is 22.6 Å². The number of carbonyl (C=O) groups is 2. The highest BCUT2D eigenvalue weighted by molar-refractivity contribution is 6.51. The molecular weight excluding hydrogens is 384 g/mol. The molecule has 1 unspecified atom stereocenters. The average Bonchev–Trinajstić information content (AvgIpc) is 3.29. The van der Waals surface area contributed by atoms with Gasteiger partial charge in [0, 0.05) is 11.6 Å². The summed E-state index contributed by atoms with van der Waals surface area (Å²) in [6.45, 7) is 3.62. The van der Waals surface area contributed by atoms with Gasteiger partial charge in [0.2, 0.25) is 0 Å². The van der Waals surface area contributed by atoms with Crippen molar-refractivity contribution in [2.75, 3.05) is 12.0 Å². The number of rotatable bonds is 4. The van der Waals surface area contributed by atoms with E-state index in [1.54, 1.807) is 56.5 Å². The first kappa shape index (κ1) is 19.4. The molecule has 1 aliphatic heterocycles. The number of nitrogens with zero attached hydrogens (tertiary/aromatic N) is 2. The number of aliphatic hydroxyl groups is 1. The number of amides is 1. The summed E-state index contributed by atoms with van der Waals surface area (Å²) in [4.78, 5) is 27.2. The first-order valence-electron chi connectivity index (χ1n) is 9.36. The topological polar surface area (TPSA) is 92.9 Å². The molecule has 30 heavy (non-hydrogen) atoms. The third-order valence-corrected chi connectivity index (χ3v) is 5.06. The van der Waals surface area contributed by atoms with E-state index >= 15 is 0 Å². The van der Waals surface area contributed by atoms with Crippen molar-refractivity contribution < 1.29 is 24.0 Å². The lowest BCUT2D eigenvalue weighted by atomic mass is 9.95. The zero-order chi connectivity index (χ0) is 21.4. The maximum absolute atomic E-state index is 13.0. The van der Waals surface area contributed by atoms with Crippen LogP contribution in [0.5, 0.6) is 5.75 Å². The molecule has 7 nitrogen and oxygen atoms in total. The lowest BCUT2D eigenvalue weighted by Crippen LogP contribution is -2.29. The number of carbonyl (C=O) groups excluding carboxylic acids is 2. The Morgan fingerprint density at radius 1 is 1.07 bits per heavy atom. The molecule has 1 atom stereocenters. The number of benzene rings is 2. The van der Waals surface area contributed by atoms with Crippen LogP contribution in [0, 0.1) is 13.8 Å². The van der Waals surface area contributed by atoms with Crippen LogP contribution in [0.3, 0.4) is 0 Å². The number of ketones is 1. The zero-order valence-corrected chi connectivity index (χ0v) is 16.7. The number of hydrogen-bond acceptors (Lipinski definition) is 6. The quantitative estimate of drug-likeness (QED) is 0.402. The summed E-state index contributed by atoms with van der Waals surface area (Å²) >= 11 is 0. The zero-order valence-electron chi connectivity index (χ0n) is 16.7. The highest BCUT2D eigenvalue weighted by atomic mass is 16.5. The minimum absolute atomic E-state index is 0.00493. The van der Waals surface area contributed by atoms with Crippen LogP contribution < -0.4 is 9.64 Å². The highest BCUT2D eigenvalue weighted by Gasteiger charge is 2.48. The first-order valence-corrected chi connectivity index (χ1v) is 9.36. The normalized spacial score (nSPS) is 18.1. The Morgan fingerprint density at radius 3 is 2.30 bits per heavy atom. The standard InChI is InChI=1S/C23H20N2O5/c1-13-4-6-16(7-5-13)21(26)19-20(15-8-10-17(29-3)11-9-15)25(23(28)22(19)27)18-12-14(2)30-24-18/h4-12,20,26H,1-3H3/b21-19+. The summed E-state index contributed by atoms with van der Waals surface area (Å²) in [5.41, 5.74) is 2.09. The van der Waals surface area contributed by atoms with Crippen molar-refractivity contribution in [2.24, 2.45) is 0 Å². The molecule has 1 fully saturated rings. The van der Waals surface area contributed by atoms with Crippen molar-refractivity contribution >= 4 is 23.3 Å². The molecule has 4 rings (SSSR count). The number of methoxy groups -OCH3 is 1. The fourth-order valence-corrected chi connectivity index (χ4v) is 3.50. The van der Waals surface area contributed by atoms with Crippen molar-refractivity contribution in [1.82, 2.24) is 5.16 Å². The summed E-state index contributed by atoms with van der Waals surface area (Å²) in [6.07, 6.45) is 0. The lowest BCUT2D eigenvalue weighted by molar-refractivity contribution is -0.132. The minimum atomic E-state index is -0.860. The molecule has 2 aromatic carbocycles. The second-order valence-corrected chi connectivity index (χ2v) is 7.10.